The van der Waals surface area contributed by atoms with Crippen LogP contribution in [0.4, 0.5) is 0 Å². The zero-order valence-electron chi connectivity index (χ0n) is 19.3. The normalized spacial score (nSPS) is 11.1. The molecule has 0 heterocycles. The van der Waals surface area contributed by atoms with Crippen LogP contribution in [-0.2, 0) is 4.74 Å². The van der Waals surface area contributed by atoms with Crippen LogP contribution < -0.4 is 34.7 Å². The van der Waals surface area contributed by atoms with Gasteiger partial charge in [0.25, 0.3) is 0 Å². The van der Waals surface area contributed by atoms with E-state index in [-0.39, 0.29) is 41.7 Å². The SMILES string of the molecule is CCCCC/C=C/C/C=C/CCCCCCCCOC(=O)c1cc([O-])c(O)c(O)c1.[Na+]. The second kappa shape index (κ2) is 19.3. The number of hydrogen-bond donors (Lipinski definition) is 2. The van der Waals surface area contributed by atoms with Crippen molar-refractivity contribution in [3.8, 4) is 17.2 Å². The van der Waals surface area contributed by atoms with Crippen molar-refractivity contribution in [1.82, 2.24) is 0 Å². The molecular weight excluding hydrogens is 403 g/mol. The molecule has 0 atom stereocenters. The molecule has 0 bridgehead atoms. The molecule has 0 fully saturated rings. The Balaban J connectivity index is 0.00000900. The van der Waals surface area contributed by atoms with Crippen molar-refractivity contribution in [2.45, 2.75) is 84.0 Å². The molecule has 168 valence electrons. The number of unbranched alkanes of at least 4 members (excludes halogenated alkanes) is 9. The molecule has 0 unspecified atom stereocenters. The van der Waals surface area contributed by atoms with Crippen LogP contribution in [0.5, 0.6) is 17.2 Å². The van der Waals surface area contributed by atoms with E-state index in [1.54, 1.807) is 0 Å². The fourth-order valence-corrected chi connectivity index (χ4v) is 3.05. The molecule has 0 aliphatic rings. The molecule has 2 N–H and O–H groups in total. The molecule has 1 rings (SSSR count). The number of esters is 1. The second-order valence-corrected chi connectivity index (χ2v) is 7.56. The van der Waals surface area contributed by atoms with Gasteiger partial charge in [0.15, 0.2) is 5.75 Å². The Kier molecular flexibility index (Phi) is 18.4. The average molecular weight is 441 g/mol. The molecule has 5 nitrogen and oxygen atoms in total. The van der Waals surface area contributed by atoms with Gasteiger partial charge in [0.1, 0.15) is 5.75 Å². The molecule has 1 aromatic carbocycles. The van der Waals surface area contributed by atoms with E-state index in [1.807, 2.05) is 0 Å². The molecule has 6 heteroatoms. The Morgan fingerprint density at radius 2 is 1.48 bits per heavy atom. The number of ether oxygens (including phenoxy) is 1. The molecule has 0 saturated carbocycles. The Morgan fingerprint density at radius 1 is 0.903 bits per heavy atom. The van der Waals surface area contributed by atoms with E-state index < -0.39 is 23.2 Å². The molecule has 31 heavy (non-hydrogen) atoms. The minimum Gasteiger partial charge on any atom is -0.870 e. The first-order valence-corrected chi connectivity index (χ1v) is 11.3. The van der Waals surface area contributed by atoms with Crippen LogP contribution in [0.15, 0.2) is 36.4 Å². The van der Waals surface area contributed by atoms with Crippen LogP contribution in [0.2, 0.25) is 0 Å². The van der Waals surface area contributed by atoms with Gasteiger partial charge in [0.05, 0.1) is 12.2 Å². The third-order valence-electron chi connectivity index (χ3n) is 4.87. The average Bonchev–Trinajstić information content (AvgIpc) is 2.73. The van der Waals surface area contributed by atoms with E-state index in [4.69, 9.17) is 4.74 Å². The van der Waals surface area contributed by atoms with Gasteiger partial charge >= 0.3 is 35.5 Å². The summed E-state index contributed by atoms with van der Waals surface area (Å²) in [4.78, 5) is 11.9. The van der Waals surface area contributed by atoms with Gasteiger partial charge in [-0.15, -0.1) is 0 Å². The summed E-state index contributed by atoms with van der Waals surface area (Å²) in [6.45, 7) is 2.51. The van der Waals surface area contributed by atoms with E-state index in [0.717, 1.165) is 44.2 Å². The Bertz CT molecular complexity index is 647. The minimum absolute atomic E-state index is 0. The molecule has 0 aliphatic carbocycles. The molecular formula is C25H37NaO5. The van der Waals surface area contributed by atoms with Crippen LogP contribution in [0.1, 0.15) is 94.3 Å². The van der Waals surface area contributed by atoms with Gasteiger partial charge in [-0.2, -0.15) is 0 Å². The number of carbonyl (C=O) groups is 1. The van der Waals surface area contributed by atoms with E-state index in [1.165, 1.54) is 44.9 Å². The summed E-state index contributed by atoms with van der Waals surface area (Å²) in [5.41, 5.74) is -0.0460. The smallest absolute Gasteiger partial charge is 0.870 e. The monoisotopic (exact) mass is 440 g/mol. The fourth-order valence-electron chi connectivity index (χ4n) is 3.05. The summed E-state index contributed by atoms with van der Waals surface area (Å²) in [6, 6.07) is 2.01. The maximum absolute atomic E-state index is 11.9. The number of aromatic hydroxyl groups is 2. The van der Waals surface area contributed by atoms with Crippen molar-refractivity contribution >= 4 is 5.97 Å². The number of carbonyl (C=O) groups excluding carboxylic acids is 1. The van der Waals surface area contributed by atoms with Crippen LogP contribution >= 0.6 is 0 Å². The first kappa shape index (κ1) is 29.6. The zero-order chi connectivity index (χ0) is 22.0. The van der Waals surface area contributed by atoms with E-state index in [0.29, 0.717) is 0 Å². The van der Waals surface area contributed by atoms with Crippen LogP contribution in [-0.4, -0.2) is 22.8 Å². The molecule has 0 aromatic heterocycles. The van der Waals surface area contributed by atoms with Gasteiger partial charge in [0.2, 0.25) is 0 Å². The number of phenols is 2. The van der Waals surface area contributed by atoms with Gasteiger partial charge in [-0.25, -0.2) is 4.79 Å². The summed E-state index contributed by atoms with van der Waals surface area (Å²) in [6.07, 6.45) is 22.7. The standard InChI is InChI=1S/C25H38O5.Na/c1-2-3-4-5-6-7-8-9-10-11-12-13-14-15-16-17-18-30-25(29)21-19-22(26)24(28)23(27)20-21;/h6-7,9-10,19-20,26-28H,2-5,8,11-18H2,1H3;/q;+1/p-1/b7-6+,10-9+;. The number of hydrogen-bond acceptors (Lipinski definition) is 5. The third kappa shape index (κ3) is 14.3. The molecule has 0 radical (unpaired) electrons. The predicted octanol–water partition coefficient (Wildman–Crippen LogP) is 3.15. The zero-order valence-corrected chi connectivity index (χ0v) is 21.3. The quantitative estimate of drug-likeness (QED) is 0.136. The summed E-state index contributed by atoms with van der Waals surface area (Å²) in [5.74, 6) is -2.82. The Labute approximate surface area is 209 Å². The van der Waals surface area contributed by atoms with E-state index in [2.05, 4.69) is 31.2 Å². The largest absolute Gasteiger partial charge is 1.00 e. The van der Waals surface area contributed by atoms with Crippen LogP contribution in [0.25, 0.3) is 0 Å². The summed E-state index contributed by atoms with van der Waals surface area (Å²) < 4.78 is 5.11. The Hall–Kier alpha value is -1.43. The number of allylic oxidation sites excluding steroid dienone is 4. The Morgan fingerprint density at radius 3 is 2.10 bits per heavy atom. The van der Waals surface area contributed by atoms with Gasteiger partial charge in [-0.05, 0) is 44.6 Å². The van der Waals surface area contributed by atoms with Gasteiger partial charge in [-0.1, -0.05) is 81.6 Å². The summed E-state index contributed by atoms with van der Waals surface area (Å²) in [5, 5.41) is 30.0. The van der Waals surface area contributed by atoms with Crippen molar-refractivity contribution in [3.05, 3.63) is 42.0 Å². The minimum atomic E-state index is -0.796. The summed E-state index contributed by atoms with van der Waals surface area (Å²) >= 11 is 0. The molecule has 0 spiro atoms. The topological polar surface area (TPSA) is 89.8 Å². The van der Waals surface area contributed by atoms with Gasteiger partial charge in [0, 0.05) is 0 Å². The molecule has 1 aromatic rings. The van der Waals surface area contributed by atoms with Crippen LogP contribution in [0, 0.1) is 0 Å². The first-order chi connectivity index (χ1) is 14.6. The maximum Gasteiger partial charge on any atom is 1.00 e. The van der Waals surface area contributed by atoms with E-state index in [9.17, 15) is 20.1 Å². The molecule has 0 amide bonds. The number of rotatable bonds is 16. The predicted molar refractivity (Wildman–Crippen MR) is 119 cm³/mol. The maximum atomic E-state index is 11.9. The molecule has 0 saturated heterocycles. The first-order valence-electron chi connectivity index (χ1n) is 11.3. The third-order valence-corrected chi connectivity index (χ3v) is 4.87. The van der Waals surface area contributed by atoms with Gasteiger partial charge in [-0.3, -0.25) is 0 Å². The van der Waals surface area contributed by atoms with Crippen molar-refractivity contribution in [2.24, 2.45) is 0 Å². The second-order valence-electron chi connectivity index (χ2n) is 7.56. The fraction of sp³-hybridized carbons (Fsp3) is 0.560. The number of phenolic OH excluding ortho intramolecular Hbond substituents is 2. The van der Waals surface area contributed by atoms with Crippen molar-refractivity contribution in [3.63, 3.8) is 0 Å². The van der Waals surface area contributed by atoms with Crippen molar-refractivity contribution < 1.29 is 54.4 Å². The summed E-state index contributed by atoms with van der Waals surface area (Å²) in [7, 11) is 0. The van der Waals surface area contributed by atoms with Crippen molar-refractivity contribution in [2.75, 3.05) is 6.61 Å². The van der Waals surface area contributed by atoms with Crippen molar-refractivity contribution in [1.29, 1.82) is 0 Å². The molecule has 0 aliphatic heterocycles. The van der Waals surface area contributed by atoms with Crippen LogP contribution in [0.3, 0.4) is 0 Å². The van der Waals surface area contributed by atoms with E-state index >= 15 is 0 Å². The van der Waals surface area contributed by atoms with Gasteiger partial charge < -0.3 is 20.1 Å². The number of benzene rings is 1.